The predicted octanol–water partition coefficient (Wildman–Crippen LogP) is 4.66. The number of rotatable bonds is 2. The van der Waals surface area contributed by atoms with Gasteiger partial charge in [-0.1, -0.05) is 18.2 Å². The van der Waals surface area contributed by atoms with Gasteiger partial charge in [0, 0.05) is 25.7 Å². The molecule has 0 fully saturated rings. The first kappa shape index (κ1) is 15.5. The number of hydrogen-bond donors (Lipinski definition) is 0. The van der Waals surface area contributed by atoms with Crippen LogP contribution in [-0.2, 0) is 19.5 Å². The zero-order valence-electron chi connectivity index (χ0n) is 11.4. The number of benzene rings is 2. The second-order valence-corrected chi connectivity index (χ2v) is 4.67. The first-order valence-electron chi connectivity index (χ1n) is 6.44. The number of halogens is 1. The van der Waals surface area contributed by atoms with Crippen molar-refractivity contribution in [2.75, 3.05) is 0 Å². The van der Waals surface area contributed by atoms with E-state index in [2.05, 4.69) is 11.1 Å². The van der Waals surface area contributed by atoms with E-state index in [9.17, 15) is 4.39 Å². The number of pyridine rings is 1. The van der Waals surface area contributed by atoms with E-state index in [0.717, 1.165) is 27.9 Å². The molecule has 0 amide bonds. The molecule has 0 aliphatic heterocycles. The topological polar surface area (TPSA) is 12.9 Å². The molecule has 1 aromatic heterocycles. The first-order valence-corrected chi connectivity index (χ1v) is 6.44. The van der Waals surface area contributed by atoms with Crippen LogP contribution in [0, 0.1) is 18.8 Å². The Labute approximate surface area is 136 Å². The van der Waals surface area contributed by atoms with Gasteiger partial charge < -0.3 is 4.98 Å². The van der Waals surface area contributed by atoms with Crippen LogP contribution in [0.5, 0.6) is 0 Å². The van der Waals surface area contributed by atoms with E-state index in [1.807, 2.05) is 49.4 Å². The molecule has 1 nitrogen and oxygen atoms in total. The molecule has 1 heterocycles. The van der Waals surface area contributed by atoms with Gasteiger partial charge in [-0.05, 0) is 41.9 Å². The van der Waals surface area contributed by atoms with Gasteiger partial charge in [0.15, 0.2) is 0 Å². The molecule has 0 saturated carbocycles. The number of aromatic nitrogens is 1. The van der Waals surface area contributed by atoms with Gasteiger partial charge in [-0.3, -0.25) is 0 Å². The SMILES string of the molecule is Cc1cc(F)ccc1-c1cc[c-]c(-c2ccccn2)c1.[Rh]. The molecule has 0 aliphatic carbocycles. The monoisotopic (exact) mass is 365 g/mol. The van der Waals surface area contributed by atoms with Crippen molar-refractivity contribution in [2.24, 2.45) is 0 Å². The molecule has 0 saturated heterocycles. The normalized spacial score (nSPS) is 10.0. The van der Waals surface area contributed by atoms with Crippen LogP contribution >= 0.6 is 0 Å². The maximum Gasteiger partial charge on any atom is 0.123 e. The Morgan fingerprint density at radius 3 is 2.62 bits per heavy atom. The third-order valence-electron chi connectivity index (χ3n) is 3.24. The number of aryl methyl sites for hydroxylation is 1. The molecule has 0 unspecified atom stereocenters. The van der Waals surface area contributed by atoms with Crippen LogP contribution in [0.2, 0.25) is 0 Å². The molecule has 3 aromatic rings. The van der Waals surface area contributed by atoms with Crippen molar-refractivity contribution in [3.63, 3.8) is 0 Å². The summed E-state index contributed by atoms with van der Waals surface area (Å²) in [5, 5.41) is 0. The molecule has 3 heteroatoms. The van der Waals surface area contributed by atoms with Crippen LogP contribution < -0.4 is 0 Å². The smallest absolute Gasteiger partial charge is 0.123 e. The summed E-state index contributed by atoms with van der Waals surface area (Å²) >= 11 is 0. The van der Waals surface area contributed by atoms with Crippen LogP contribution in [0.3, 0.4) is 0 Å². The molecule has 0 spiro atoms. The van der Waals surface area contributed by atoms with Crippen molar-refractivity contribution in [3.05, 3.63) is 78.2 Å². The summed E-state index contributed by atoms with van der Waals surface area (Å²) in [5.41, 5.74) is 4.81. The molecule has 0 aliphatic rings. The minimum Gasteiger partial charge on any atom is -0.305 e. The van der Waals surface area contributed by atoms with Crippen molar-refractivity contribution in [3.8, 4) is 22.4 Å². The van der Waals surface area contributed by atoms with Gasteiger partial charge in [-0.25, -0.2) is 4.39 Å². The Bertz CT molecular complexity index is 741. The van der Waals surface area contributed by atoms with Crippen molar-refractivity contribution in [1.29, 1.82) is 0 Å². The molecule has 2 aromatic carbocycles. The van der Waals surface area contributed by atoms with E-state index < -0.39 is 0 Å². The van der Waals surface area contributed by atoms with E-state index in [-0.39, 0.29) is 25.3 Å². The average Bonchev–Trinajstić information content (AvgIpc) is 2.48. The minimum atomic E-state index is -0.210. The molecule has 1 radical (unpaired) electrons. The van der Waals surface area contributed by atoms with Crippen LogP contribution in [0.25, 0.3) is 22.4 Å². The summed E-state index contributed by atoms with van der Waals surface area (Å²) in [7, 11) is 0. The summed E-state index contributed by atoms with van der Waals surface area (Å²) in [4.78, 5) is 4.33. The summed E-state index contributed by atoms with van der Waals surface area (Å²) in [5.74, 6) is -0.210. The average molecular weight is 365 g/mol. The van der Waals surface area contributed by atoms with E-state index >= 15 is 0 Å². The van der Waals surface area contributed by atoms with Gasteiger partial charge >= 0.3 is 0 Å². The Morgan fingerprint density at radius 1 is 1.05 bits per heavy atom. The zero-order valence-corrected chi connectivity index (χ0v) is 13.1. The summed E-state index contributed by atoms with van der Waals surface area (Å²) in [6.45, 7) is 1.91. The molecule has 3 rings (SSSR count). The quantitative estimate of drug-likeness (QED) is 0.476. The Balaban J connectivity index is 0.00000161. The molecule has 21 heavy (non-hydrogen) atoms. The van der Waals surface area contributed by atoms with Crippen molar-refractivity contribution < 1.29 is 23.9 Å². The fourth-order valence-electron chi connectivity index (χ4n) is 2.25. The van der Waals surface area contributed by atoms with Crippen LogP contribution in [0.15, 0.2) is 60.8 Å². The van der Waals surface area contributed by atoms with Crippen LogP contribution in [-0.4, -0.2) is 4.98 Å². The van der Waals surface area contributed by atoms with Gasteiger partial charge in [0.25, 0.3) is 0 Å². The van der Waals surface area contributed by atoms with E-state index in [1.165, 1.54) is 6.07 Å². The summed E-state index contributed by atoms with van der Waals surface area (Å²) in [6, 6.07) is 19.7. The van der Waals surface area contributed by atoms with E-state index in [0.29, 0.717) is 0 Å². The van der Waals surface area contributed by atoms with Gasteiger partial charge in [-0.2, -0.15) is 0 Å². The molecule has 0 N–H and O–H groups in total. The number of nitrogens with zero attached hydrogens (tertiary/aromatic N) is 1. The van der Waals surface area contributed by atoms with Crippen LogP contribution in [0.4, 0.5) is 4.39 Å². The van der Waals surface area contributed by atoms with E-state index in [1.54, 1.807) is 12.3 Å². The standard InChI is InChI=1S/C18H13FN.Rh/c1-13-11-16(19)8-9-17(13)14-5-4-6-15(12-14)18-7-2-3-10-20-18;/h2-5,7-12H,1H3;/q-1;. The third kappa shape index (κ3) is 3.43. The van der Waals surface area contributed by atoms with Crippen molar-refractivity contribution in [1.82, 2.24) is 4.98 Å². The van der Waals surface area contributed by atoms with Crippen LogP contribution in [0.1, 0.15) is 5.56 Å². The predicted molar refractivity (Wildman–Crippen MR) is 78.6 cm³/mol. The van der Waals surface area contributed by atoms with Gasteiger partial charge in [0.2, 0.25) is 0 Å². The number of hydrogen-bond acceptors (Lipinski definition) is 1. The maximum atomic E-state index is 13.2. The van der Waals surface area contributed by atoms with Crippen molar-refractivity contribution >= 4 is 0 Å². The zero-order chi connectivity index (χ0) is 13.9. The molecule has 0 atom stereocenters. The largest absolute Gasteiger partial charge is 0.305 e. The van der Waals surface area contributed by atoms with Gasteiger partial charge in [0.05, 0.1) is 0 Å². The Hall–Kier alpha value is -1.86. The molecular weight excluding hydrogens is 352 g/mol. The Kier molecular flexibility index (Phi) is 4.98. The molecule has 0 bridgehead atoms. The van der Waals surface area contributed by atoms with E-state index in [4.69, 9.17) is 0 Å². The van der Waals surface area contributed by atoms with Gasteiger partial charge in [0.1, 0.15) is 5.82 Å². The first-order chi connectivity index (χ1) is 9.74. The molecule has 107 valence electrons. The van der Waals surface area contributed by atoms with Crippen molar-refractivity contribution in [2.45, 2.75) is 6.92 Å². The third-order valence-corrected chi connectivity index (χ3v) is 3.24. The summed E-state index contributed by atoms with van der Waals surface area (Å²) in [6.07, 6.45) is 1.76. The second kappa shape index (κ2) is 6.73. The fourth-order valence-corrected chi connectivity index (χ4v) is 2.25. The Morgan fingerprint density at radius 2 is 1.90 bits per heavy atom. The maximum absolute atomic E-state index is 13.2. The molecular formula is C18H13FNRh-. The summed E-state index contributed by atoms with van der Waals surface area (Å²) < 4.78 is 13.2. The minimum absolute atomic E-state index is 0. The van der Waals surface area contributed by atoms with Gasteiger partial charge in [-0.15, -0.1) is 35.4 Å². The second-order valence-electron chi connectivity index (χ2n) is 4.67. The fraction of sp³-hybridized carbons (Fsp3) is 0.0556.